The molecule has 0 saturated carbocycles. The molecule has 0 radical (unpaired) electrons. The normalized spacial score (nSPS) is 11.8. The van der Waals surface area contributed by atoms with Crippen LogP contribution in [-0.2, 0) is 20.2 Å². The first-order valence-electron chi connectivity index (χ1n) is 5.43. The number of nitrogens with one attached hydrogen (secondary N) is 1. The van der Waals surface area contributed by atoms with Gasteiger partial charge in [-0.25, -0.2) is 0 Å². The summed E-state index contributed by atoms with van der Waals surface area (Å²) in [4.78, 5) is 0. The molecule has 8 nitrogen and oxygen atoms in total. The molecule has 0 aromatic heterocycles. The minimum absolute atomic E-state index is 0.0289. The maximum absolute atomic E-state index is 10.2. The number of nitrogens with two attached hydrogens (primary N) is 1. The predicted octanol–water partition coefficient (Wildman–Crippen LogP) is -0.903. The van der Waals surface area contributed by atoms with Crippen LogP contribution in [0, 0.1) is 0 Å². The van der Waals surface area contributed by atoms with Crippen molar-refractivity contribution in [2.45, 2.75) is 19.8 Å². The maximum Gasteiger partial charge on any atom is 0.266 e. The summed E-state index contributed by atoms with van der Waals surface area (Å²) in [5.74, 6) is -0.552. The standard InChI is InChI=1S/C6H15NO3S.C2H7NO3S/c1-2-3-4-7-5-6-11(8,9)10;3-1-2-7(4,5)6/h7H,2-6H2,1H3,(H,8,9,10);1-3H2,(H,4,5,6). The van der Waals surface area contributed by atoms with Crippen LogP contribution in [0.1, 0.15) is 19.8 Å². The molecule has 0 aliphatic heterocycles. The number of rotatable bonds is 8. The summed E-state index contributed by atoms with van der Waals surface area (Å²) >= 11 is 0. The first-order chi connectivity index (χ1) is 8.12. The van der Waals surface area contributed by atoms with Crippen LogP contribution < -0.4 is 11.1 Å². The summed E-state index contributed by atoms with van der Waals surface area (Å²) in [6.07, 6.45) is 2.12. The van der Waals surface area contributed by atoms with Crippen LogP contribution >= 0.6 is 0 Å². The van der Waals surface area contributed by atoms with Crippen LogP contribution in [0.5, 0.6) is 0 Å². The van der Waals surface area contributed by atoms with Crippen LogP contribution in [0.3, 0.4) is 0 Å². The van der Waals surface area contributed by atoms with Gasteiger partial charge < -0.3 is 11.1 Å². The predicted molar refractivity (Wildman–Crippen MR) is 69.7 cm³/mol. The zero-order valence-corrected chi connectivity index (χ0v) is 12.0. The Hall–Kier alpha value is -0.260. The first-order valence-corrected chi connectivity index (χ1v) is 8.65. The minimum Gasteiger partial charge on any atom is -0.329 e. The minimum atomic E-state index is -3.80. The summed E-state index contributed by atoms with van der Waals surface area (Å²) in [7, 11) is -7.57. The molecule has 0 amide bonds. The van der Waals surface area contributed by atoms with Gasteiger partial charge >= 0.3 is 0 Å². The lowest BCUT2D eigenvalue weighted by Crippen LogP contribution is -2.23. The lowest BCUT2D eigenvalue weighted by Gasteiger charge is -2.00. The average Bonchev–Trinajstić information content (AvgIpc) is 2.14. The largest absolute Gasteiger partial charge is 0.329 e. The number of hydrogen-bond acceptors (Lipinski definition) is 6. The Morgan fingerprint density at radius 2 is 1.50 bits per heavy atom. The van der Waals surface area contributed by atoms with E-state index in [2.05, 4.69) is 12.2 Å². The molecule has 0 bridgehead atoms. The Morgan fingerprint density at radius 3 is 1.78 bits per heavy atom. The summed E-state index contributed by atoms with van der Waals surface area (Å²) < 4.78 is 56.0. The third kappa shape index (κ3) is 24.8. The SMILES string of the molecule is CCCCNCCS(=O)(=O)O.NCCS(=O)(=O)O. The van der Waals surface area contributed by atoms with Gasteiger partial charge in [0, 0.05) is 13.1 Å². The molecular weight excluding hydrogens is 284 g/mol. The Kier molecular flexibility index (Phi) is 11.9. The fraction of sp³-hybridized carbons (Fsp3) is 1.00. The molecule has 0 saturated heterocycles. The van der Waals surface area contributed by atoms with Gasteiger partial charge in [-0.05, 0) is 13.0 Å². The molecule has 0 atom stereocenters. The van der Waals surface area contributed by atoms with Gasteiger partial charge in [0.05, 0.1) is 11.5 Å². The molecule has 18 heavy (non-hydrogen) atoms. The third-order valence-corrected chi connectivity index (χ3v) is 3.09. The van der Waals surface area contributed by atoms with E-state index < -0.39 is 20.2 Å². The quantitative estimate of drug-likeness (QED) is 0.333. The Balaban J connectivity index is 0. The highest BCUT2D eigenvalue weighted by Gasteiger charge is 2.01. The lowest BCUT2D eigenvalue weighted by atomic mass is 10.3. The van der Waals surface area contributed by atoms with Gasteiger partial charge in [0.2, 0.25) is 0 Å². The van der Waals surface area contributed by atoms with Gasteiger partial charge in [-0.15, -0.1) is 0 Å². The Labute approximate surface area is 108 Å². The molecule has 0 aliphatic rings. The van der Waals surface area contributed by atoms with Crippen molar-refractivity contribution in [2.75, 3.05) is 31.1 Å². The summed E-state index contributed by atoms with van der Waals surface area (Å²) in [6.45, 7) is 3.17. The second-order valence-corrected chi connectivity index (χ2v) is 6.61. The highest BCUT2D eigenvalue weighted by molar-refractivity contribution is 7.86. The number of unbranched alkanes of at least 4 members (excludes halogenated alkanes) is 1. The van der Waals surface area contributed by atoms with E-state index in [1.54, 1.807) is 0 Å². The van der Waals surface area contributed by atoms with Crippen molar-refractivity contribution in [3.63, 3.8) is 0 Å². The van der Waals surface area contributed by atoms with E-state index in [0.29, 0.717) is 6.54 Å². The molecule has 0 unspecified atom stereocenters. The van der Waals surface area contributed by atoms with Crippen LogP contribution in [0.4, 0.5) is 0 Å². The molecule has 10 heteroatoms. The zero-order chi connectivity index (χ0) is 14.7. The second-order valence-electron chi connectivity index (χ2n) is 3.46. The molecule has 0 spiro atoms. The van der Waals surface area contributed by atoms with E-state index >= 15 is 0 Å². The Bertz CT molecular complexity index is 378. The molecule has 0 rings (SSSR count). The molecular formula is C8H22N2O6S2. The molecule has 0 fully saturated rings. The molecule has 0 aliphatic carbocycles. The van der Waals surface area contributed by atoms with Gasteiger partial charge in [0.15, 0.2) is 0 Å². The van der Waals surface area contributed by atoms with Gasteiger partial charge in [0.25, 0.3) is 20.2 Å². The highest BCUT2D eigenvalue weighted by atomic mass is 32.2. The van der Waals surface area contributed by atoms with E-state index in [1.807, 2.05) is 0 Å². The second kappa shape index (κ2) is 10.6. The third-order valence-electron chi connectivity index (χ3n) is 1.62. The van der Waals surface area contributed by atoms with Crippen molar-refractivity contribution in [3.8, 4) is 0 Å². The Morgan fingerprint density at radius 1 is 1.00 bits per heavy atom. The fourth-order valence-electron chi connectivity index (χ4n) is 0.777. The topological polar surface area (TPSA) is 147 Å². The molecule has 0 aromatic rings. The van der Waals surface area contributed by atoms with E-state index in [1.165, 1.54) is 0 Å². The van der Waals surface area contributed by atoms with Gasteiger partial charge in [-0.3, -0.25) is 9.11 Å². The van der Waals surface area contributed by atoms with Crippen molar-refractivity contribution >= 4 is 20.2 Å². The van der Waals surface area contributed by atoms with Gasteiger partial charge in [-0.2, -0.15) is 16.8 Å². The van der Waals surface area contributed by atoms with E-state index in [4.69, 9.17) is 14.8 Å². The van der Waals surface area contributed by atoms with Crippen LogP contribution in [0.25, 0.3) is 0 Å². The van der Waals surface area contributed by atoms with E-state index in [9.17, 15) is 16.8 Å². The first kappa shape index (κ1) is 20.1. The van der Waals surface area contributed by atoms with Crippen molar-refractivity contribution < 1.29 is 25.9 Å². The smallest absolute Gasteiger partial charge is 0.266 e. The zero-order valence-electron chi connectivity index (χ0n) is 10.4. The monoisotopic (exact) mass is 306 g/mol. The van der Waals surface area contributed by atoms with E-state index in [0.717, 1.165) is 19.4 Å². The fourth-order valence-corrected chi connectivity index (χ4v) is 1.48. The molecule has 0 heterocycles. The van der Waals surface area contributed by atoms with Gasteiger partial charge in [0.1, 0.15) is 0 Å². The molecule has 5 N–H and O–H groups in total. The van der Waals surface area contributed by atoms with Crippen LogP contribution in [0.15, 0.2) is 0 Å². The maximum atomic E-state index is 10.2. The number of hydrogen-bond donors (Lipinski definition) is 4. The van der Waals surface area contributed by atoms with Crippen molar-refractivity contribution in [1.82, 2.24) is 5.32 Å². The van der Waals surface area contributed by atoms with Gasteiger partial charge in [-0.1, -0.05) is 13.3 Å². The van der Waals surface area contributed by atoms with Crippen molar-refractivity contribution in [1.29, 1.82) is 0 Å². The van der Waals surface area contributed by atoms with Crippen molar-refractivity contribution in [3.05, 3.63) is 0 Å². The summed E-state index contributed by atoms with van der Waals surface area (Å²) in [5.41, 5.74) is 4.78. The van der Waals surface area contributed by atoms with Crippen LogP contribution in [0.2, 0.25) is 0 Å². The molecule has 112 valence electrons. The lowest BCUT2D eigenvalue weighted by molar-refractivity contribution is 0.479. The van der Waals surface area contributed by atoms with E-state index in [-0.39, 0.29) is 18.1 Å². The average molecular weight is 306 g/mol. The highest BCUT2D eigenvalue weighted by Crippen LogP contribution is 1.83. The summed E-state index contributed by atoms with van der Waals surface area (Å²) in [6, 6.07) is 0. The summed E-state index contributed by atoms with van der Waals surface area (Å²) in [5, 5.41) is 2.90. The van der Waals surface area contributed by atoms with Crippen molar-refractivity contribution in [2.24, 2.45) is 5.73 Å². The molecule has 0 aromatic carbocycles. The van der Waals surface area contributed by atoms with Crippen LogP contribution in [-0.4, -0.2) is 57.1 Å².